The fraction of sp³-hybridized carbons (Fsp3) is 0.792. The summed E-state index contributed by atoms with van der Waals surface area (Å²) >= 11 is 6.26. The molecule has 0 bridgehead atoms. The number of fused-ring (bicyclic) bond motifs is 7. The number of aliphatic carboxylic acids is 1. The number of halogens is 1. The summed E-state index contributed by atoms with van der Waals surface area (Å²) in [6.07, 6.45) is 8.89. The zero-order chi connectivity index (χ0) is 42.1. The molecule has 0 saturated heterocycles. The van der Waals surface area contributed by atoms with Gasteiger partial charge in [-0.05, 0) is 149 Å². The third kappa shape index (κ3) is 7.35. The first-order chi connectivity index (χ1) is 26.4. The van der Waals surface area contributed by atoms with Crippen LogP contribution in [0.1, 0.15) is 139 Å². The molecule has 1 aromatic rings. The molecule has 4 fully saturated rings. The van der Waals surface area contributed by atoms with E-state index in [4.69, 9.17) is 22.1 Å². The summed E-state index contributed by atoms with van der Waals surface area (Å²) in [6, 6.07) is 8.12. The van der Waals surface area contributed by atoms with E-state index < -0.39 is 29.0 Å². The fourth-order valence-electron chi connectivity index (χ4n) is 14.1. The van der Waals surface area contributed by atoms with E-state index in [0.717, 1.165) is 88.9 Å². The lowest BCUT2D eigenvalue weighted by atomic mass is 9.31. The normalized spacial score (nSPS) is 36.8. The second-order valence-corrected chi connectivity index (χ2v) is 22.4. The number of aliphatic hydroxyl groups excluding tert-OH is 1. The van der Waals surface area contributed by atoms with E-state index in [1.807, 2.05) is 12.1 Å². The maximum atomic E-state index is 13.2. The number of carboxylic acid groups (broad SMARTS) is 1. The lowest BCUT2D eigenvalue weighted by Gasteiger charge is -2.74. The van der Waals surface area contributed by atoms with E-state index in [1.165, 1.54) is 16.7 Å². The van der Waals surface area contributed by atoms with Crippen LogP contribution in [0.25, 0.3) is 0 Å². The first kappa shape index (κ1) is 44.6. The molecule has 5 aliphatic rings. The van der Waals surface area contributed by atoms with E-state index in [1.54, 1.807) is 13.8 Å². The minimum Gasteiger partial charge on any atom is -0.481 e. The Morgan fingerprint density at radius 2 is 1.58 bits per heavy atom. The maximum Gasteiger partial charge on any atom is 0.309 e. The van der Waals surface area contributed by atoms with Gasteiger partial charge in [0.25, 0.3) is 0 Å². The van der Waals surface area contributed by atoms with Crippen LogP contribution in [0.5, 0.6) is 0 Å². The van der Waals surface area contributed by atoms with Gasteiger partial charge in [0.05, 0.1) is 17.9 Å². The van der Waals surface area contributed by atoms with Gasteiger partial charge in [-0.2, -0.15) is 0 Å². The molecule has 57 heavy (non-hydrogen) atoms. The van der Waals surface area contributed by atoms with Crippen molar-refractivity contribution in [3.8, 4) is 0 Å². The van der Waals surface area contributed by atoms with Crippen LogP contribution in [0.2, 0.25) is 5.02 Å². The summed E-state index contributed by atoms with van der Waals surface area (Å²) in [5.74, 6) is -0.189. The molecule has 0 amide bonds. The Morgan fingerprint density at radius 1 is 0.930 bits per heavy atom. The summed E-state index contributed by atoms with van der Waals surface area (Å²) in [5, 5.41) is 23.2. The molecule has 0 unspecified atom stereocenters. The number of carboxylic acids is 1. The predicted molar refractivity (Wildman–Crippen MR) is 230 cm³/mol. The van der Waals surface area contributed by atoms with Gasteiger partial charge in [0.2, 0.25) is 0 Å². The smallest absolute Gasteiger partial charge is 0.309 e. The second-order valence-electron chi connectivity index (χ2n) is 22.0. The molecule has 0 aliphatic heterocycles. The highest BCUT2D eigenvalue weighted by Gasteiger charge is 2.74. The Morgan fingerprint density at radius 3 is 2.19 bits per heavy atom. The molecule has 0 spiro atoms. The fourth-order valence-corrected chi connectivity index (χ4v) is 14.2. The quantitative estimate of drug-likeness (QED) is 0.133. The predicted octanol–water partition coefficient (Wildman–Crippen LogP) is 9.36. The first-order valence-corrected chi connectivity index (χ1v) is 22.5. The molecule has 4 saturated carbocycles. The molecule has 9 atom stereocenters. The summed E-state index contributed by atoms with van der Waals surface area (Å²) in [6.45, 7) is 23.2. The van der Waals surface area contributed by atoms with Crippen molar-refractivity contribution in [3.63, 3.8) is 0 Å². The van der Waals surface area contributed by atoms with Crippen LogP contribution in [-0.2, 0) is 20.9 Å². The number of likely N-dealkylation sites (N-methyl/N-ethyl adjacent to an activating group) is 1. The van der Waals surface area contributed by atoms with E-state index in [2.05, 4.69) is 84.5 Å². The first-order valence-electron chi connectivity index (χ1n) is 22.1. The SMILES string of the molecule is CC(C)C1=C2[C@]([C@H](O)CN(CCN(C)C)Cc3ccc(Cl)cc3)(CC1)CC[C@]1(C)[C@]2(N)CC[C@@H]2[C@@]3(C)CC[C@H](OC(=O)CC(C)(C)C(=O)O)C(C)(C)[C@@H]3CC[C@]21C. The molecule has 8 nitrogen and oxygen atoms in total. The van der Waals surface area contributed by atoms with Crippen LogP contribution in [0, 0.1) is 50.2 Å². The Hall–Kier alpha value is -1.97. The van der Waals surface area contributed by atoms with Crippen molar-refractivity contribution in [2.45, 2.75) is 157 Å². The monoisotopic (exact) mass is 810 g/mol. The summed E-state index contributed by atoms with van der Waals surface area (Å²) in [4.78, 5) is 29.6. The van der Waals surface area contributed by atoms with Crippen LogP contribution < -0.4 is 5.73 Å². The van der Waals surface area contributed by atoms with Gasteiger partial charge in [-0.1, -0.05) is 77.8 Å². The molecular formula is C48H76ClN3O5. The lowest BCUT2D eigenvalue weighted by molar-refractivity contribution is -0.239. The molecular weight excluding hydrogens is 734 g/mol. The Bertz CT molecular complexity index is 1710. The minimum absolute atomic E-state index is 0.00250. The molecule has 6 rings (SSSR count). The number of ether oxygens (including phenoxy) is 1. The number of carbonyl (C=O) groups excluding carboxylic acids is 1. The number of rotatable bonds is 13. The van der Waals surface area contributed by atoms with Crippen molar-refractivity contribution in [1.29, 1.82) is 0 Å². The number of nitrogens with two attached hydrogens (primary N) is 1. The zero-order valence-corrected chi connectivity index (χ0v) is 38.0. The molecule has 0 radical (unpaired) electrons. The average Bonchev–Trinajstić information content (AvgIpc) is 3.53. The molecule has 0 heterocycles. The number of allylic oxidation sites excluding steroid dienone is 1. The topological polar surface area (TPSA) is 116 Å². The largest absolute Gasteiger partial charge is 0.481 e. The third-order valence-electron chi connectivity index (χ3n) is 17.6. The van der Waals surface area contributed by atoms with Crippen LogP contribution in [0.15, 0.2) is 35.4 Å². The average molecular weight is 811 g/mol. The lowest BCUT2D eigenvalue weighted by Crippen LogP contribution is -2.74. The van der Waals surface area contributed by atoms with Gasteiger partial charge in [0.1, 0.15) is 6.10 Å². The molecule has 5 aliphatic carbocycles. The molecule has 320 valence electrons. The van der Waals surface area contributed by atoms with Crippen LogP contribution >= 0.6 is 11.6 Å². The second kappa shape index (κ2) is 15.5. The van der Waals surface area contributed by atoms with Gasteiger partial charge in [-0.25, -0.2) is 0 Å². The number of aliphatic hydroxyl groups is 1. The van der Waals surface area contributed by atoms with E-state index in [9.17, 15) is 19.8 Å². The highest BCUT2D eigenvalue weighted by atomic mass is 35.5. The van der Waals surface area contributed by atoms with Crippen molar-refractivity contribution in [1.82, 2.24) is 9.80 Å². The van der Waals surface area contributed by atoms with Gasteiger partial charge in [-0.3, -0.25) is 14.5 Å². The van der Waals surface area contributed by atoms with Crippen molar-refractivity contribution in [2.24, 2.45) is 56.0 Å². The number of hydrogen-bond acceptors (Lipinski definition) is 7. The zero-order valence-electron chi connectivity index (χ0n) is 37.3. The summed E-state index contributed by atoms with van der Waals surface area (Å²) in [5.41, 5.74) is 9.96. The Kier molecular flexibility index (Phi) is 12.1. The Labute approximate surface area is 349 Å². The van der Waals surface area contributed by atoms with Gasteiger partial charge in [-0.15, -0.1) is 0 Å². The number of carbonyl (C=O) groups is 2. The summed E-state index contributed by atoms with van der Waals surface area (Å²) in [7, 11) is 4.22. The third-order valence-corrected chi connectivity index (χ3v) is 17.9. The number of benzene rings is 1. The summed E-state index contributed by atoms with van der Waals surface area (Å²) < 4.78 is 6.21. The Balaban J connectivity index is 1.29. The van der Waals surface area contributed by atoms with Crippen LogP contribution in [0.3, 0.4) is 0 Å². The van der Waals surface area contributed by atoms with E-state index >= 15 is 0 Å². The number of esters is 1. The van der Waals surface area contributed by atoms with Crippen LogP contribution in [-0.4, -0.2) is 83.4 Å². The van der Waals surface area contributed by atoms with Gasteiger partial charge < -0.3 is 25.6 Å². The highest BCUT2D eigenvalue weighted by Crippen LogP contribution is 2.77. The highest BCUT2D eigenvalue weighted by molar-refractivity contribution is 6.30. The molecule has 4 N–H and O–H groups in total. The van der Waals surface area contributed by atoms with E-state index in [-0.39, 0.29) is 39.6 Å². The van der Waals surface area contributed by atoms with Crippen LogP contribution in [0.4, 0.5) is 0 Å². The standard InChI is InChI=1S/C48H76ClN3O5/c1-31(2)34-16-22-47(37(53)30-52(27-26-51(10)11)29-32-12-14-33(49)15-13-32)25-24-46(9)45(8)21-17-35-43(5,6)38(57-39(54)28-42(3,4)41(55)56)19-20-44(35,7)36(45)18-23-48(46,50)40(34)47/h12-15,31,35-38,53H,16-30,50H2,1-11H3,(H,55,56)/t35-,36+,37+,38-,44-,45+,46-,47+,48-/m0/s1. The van der Waals surface area contributed by atoms with Gasteiger partial charge >= 0.3 is 11.9 Å². The molecule has 1 aromatic carbocycles. The van der Waals surface area contributed by atoms with Crippen molar-refractivity contribution < 1.29 is 24.5 Å². The van der Waals surface area contributed by atoms with E-state index in [0.29, 0.717) is 24.3 Å². The van der Waals surface area contributed by atoms with Gasteiger partial charge in [0, 0.05) is 47.6 Å². The van der Waals surface area contributed by atoms with Gasteiger partial charge in [0.15, 0.2) is 0 Å². The van der Waals surface area contributed by atoms with Crippen molar-refractivity contribution in [3.05, 3.63) is 46.0 Å². The minimum atomic E-state index is -1.16. The molecule has 0 aromatic heterocycles. The molecule has 9 heteroatoms. The number of hydrogen-bond donors (Lipinski definition) is 3. The maximum absolute atomic E-state index is 13.2. The number of nitrogens with zero attached hydrogens (tertiary/aromatic N) is 2. The van der Waals surface area contributed by atoms with Crippen molar-refractivity contribution in [2.75, 3.05) is 33.7 Å². The van der Waals surface area contributed by atoms with Crippen molar-refractivity contribution >= 4 is 23.5 Å².